The number of amides is 1. The molecule has 0 aromatic carbocycles. The molecule has 0 bridgehead atoms. The molecule has 0 unspecified atom stereocenters. The Hall–Kier alpha value is -1.34. The van der Waals surface area contributed by atoms with Crippen LogP contribution < -0.4 is 5.73 Å². The fraction of sp³-hybridized carbons (Fsp3) is 0.750. The van der Waals surface area contributed by atoms with E-state index in [4.69, 9.17) is 5.73 Å². The van der Waals surface area contributed by atoms with Gasteiger partial charge in [-0.05, 0) is 0 Å². The van der Waals surface area contributed by atoms with Crippen LogP contribution in [0.4, 0.5) is 17.6 Å². The van der Waals surface area contributed by atoms with Crippen LogP contribution in [-0.2, 0) is 4.79 Å². The van der Waals surface area contributed by atoms with Crippen molar-refractivity contribution in [2.45, 2.75) is 25.7 Å². The monoisotopic (exact) mass is 243 g/mol. The second-order valence-corrected chi connectivity index (χ2v) is 3.15. The number of nitrogens with two attached hydrogens (primary N) is 1. The van der Waals surface area contributed by atoms with Crippen LogP contribution in [0, 0.1) is 0 Å². The van der Waals surface area contributed by atoms with Gasteiger partial charge >= 0.3 is 6.22 Å². The predicted octanol–water partition coefficient (Wildman–Crippen LogP) is 1.42. The van der Waals surface area contributed by atoms with Crippen molar-refractivity contribution >= 4 is 12.1 Å². The molecule has 0 fully saturated rings. The number of hydrazone groups is 1. The average molecular weight is 243 g/mol. The zero-order valence-electron chi connectivity index (χ0n) is 8.72. The highest BCUT2D eigenvalue weighted by Gasteiger charge is 2.26. The molecule has 16 heavy (non-hydrogen) atoms. The van der Waals surface area contributed by atoms with Crippen LogP contribution in [-0.4, -0.2) is 36.1 Å². The summed E-state index contributed by atoms with van der Waals surface area (Å²) in [5, 5.41) is 3.17. The van der Waals surface area contributed by atoms with Crippen LogP contribution in [0.25, 0.3) is 0 Å². The summed E-state index contributed by atoms with van der Waals surface area (Å²) in [4.78, 5) is 10.5. The van der Waals surface area contributed by atoms with E-state index in [-0.39, 0.29) is 0 Å². The van der Waals surface area contributed by atoms with Crippen molar-refractivity contribution in [2.24, 2.45) is 10.8 Å². The first-order valence-electron chi connectivity index (χ1n) is 4.57. The lowest BCUT2D eigenvalue weighted by atomic mass is 10.2. The highest BCUT2D eigenvalue weighted by molar-refractivity contribution is 5.76. The highest BCUT2D eigenvalue weighted by Crippen LogP contribution is 2.22. The fourth-order valence-electron chi connectivity index (χ4n) is 0.921. The molecule has 0 spiro atoms. The van der Waals surface area contributed by atoms with Crippen LogP contribution in [0.2, 0.25) is 0 Å². The Bertz CT molecular complexity index is 266. The molecule has 0 rings (SSSR count). The maximum atomic E-state index is 12.8. The number of hydrogen-bond acceptors (Lipinski definition) is 3. The van der Waals surface area contributed by atoms with Crippen molar-refractivity contribution < 1.29 is 22.4 Å². The Morgan fingerprint density at radius 3 is 2.38 bits per heavy atom. The molecule has 0 saturated heterocycles. The lowest BCUT2D eigenvalue weighted by Gasteiger charge is -2.20. The van der Waals surface area contributed by atoms with Crippen molar-refractivity contribution in [1.29, 1.82) is 0 Å². The molecule has 2 N–H and O–H groups in total. The molecule has 0 aromatic heterocycles. The summed E-state index contributed by atoms with van der Waals surface area (Å²) in [5.74, 6) is -3.87. The van der Waals surface area contributed by atoms with Crippen LogP contribution >= 0.6 is 0 Å². The van der Waals surface area contributed by atoms with Crippen molar-refractivity contribution in [3.05, 3.63) is 0 Å². The average Bonchev–Trinajstić information content (AvgIpc) is 2.13. The Morgan fingerprint density at radius 2 is 2.00 bits per heavy atom. The normalized spacial score (nSPS) is 11.1. The lowest BCUT2D eigenvalue weighted by molar-refractivity contribution is -0.119. The minimum absolute atomic E-state index is 0.404. The number of carbonyl (C=O) groups excluding carboxylic acids is 1. The van der Waals surface area contributed by atoms with Crippen molar-refractivity contribution in [1.82, 2.24) is 5.01 Å². The van der Waals surface area contributed by atoms with E-state index in [1.165, 1.54) is 6.92 Å². The summed E-state index contributed by atoms with van der Waals surface area (Å²) >= 11 is 0. The van der Waals surface area contributed by atoms with E-state index in [1.54, 1.807) is 0 Å². The Kier molecular flexibility index (Phi) is 5.76. The van der Waals surface area contributed by atoms with Gasteiger partial charge in [-0.2, -0.15) is 0 Å². The molecule has 4 nitrogen and oxygen atoms in total. The second-order valence-electron chi connectivity index (χ2n) is 3.15. The minimum Gasteiger partial charge on any atom is -0.368 e. The molecule has 0 aromatic rings. The summed E-state index contributed by atoms with van der Waals surface area (Å²) in [6.07, 6.45) is -3.37. The predicted molar refractivity (Wildman–Crippen MR) is 50.3 cm³/mol. The third kappa shape index (κ3) is 7.02. The Balaban J connectivity index is 4.33. The molecule has 0 aliphatic carbocycles. The van der Waals surface area contributed by atoms with Gasteiger partial charge < -0.3 is 5.73 Å². The summed E-state index contributed by atoms with van der Waals surface area (Å²) in [6, 6.07) is 0. The van der Waals surface area contributed by atoms with E-state index in [1.807, 2.05) is 0 Å². The van der Waals surface area contributed by atoms with Crippen LogP contribution in [0.1, 0.15) is 19.8 Å². The summed E-state index contributed by atoms with van der Waals surface area (Å²) in [7, 11) is 0. The first-order chi connectivity index (χ1) is 7.26. The number of alkyl halides is 2. The molecule has 0 atom stereocenters. The van der Waals surface area contributed by atoms with Gasteiger partial charge in [-0.1, -0.05) is 6.92 Å². The molecule has 0 radical (unpaired) electrons. The molecule has 8 heteroatoms. The molecular weight excluding hydrogens is 230 g/mol. The van der Waals surface area contributed by atoms with E-state index >= 15 is 0 Å². The lowest BCUT2D eigenvalue weighted by Crippen LogP contribution is -2.33. The van der Waals surface area contributed by atoms with Crippen molar-refractivity contribution in [3.63, 3.8) is 0 Å². The number of hydrogen-bond donors (Lipinski definition) is 1. The zero-order valence-corrected chi connectivity index (χ0v) is 8.72. The molecule has 0 heterocycles. The number of primary amides is 1. The van der Waals surface area contributed by atoms with E-state index in [0.29, 0.717) is 5.01 Å². The minimum atomic E-state index is -2.96. The zero-order chi connectivity index (χ0) is 12.8. The third-order valence-corrected chi connectivity index (χ3v) is 1.81. The molecular formula is C8H13F4N3O. The first-order valence-corrected chi connectivity index (χ1v) is 4.57. The third-order valence-electron chi connectivity index (χ3n) is 1.81. The maximum absolute atomic E-state index is 12.8. The van der Waals surface area contributed by atoms with Crippen LogP contribution in [0.3, 0.4) is 0 Å². The smallest absolute Gasteiger partial charge is 0.368 e. The van der Waals surface area contributed by atoms with E-state index in [2.05, 4.69) is 5.10 Å². The molecule has 0 aliphatic heterocycles. The SMILES string of the molecule is CCC(F)(F)CCN(CC(N)=O)N=C(F)F. The van der Waals surface area contributed by atoms with Gasteiger partial charge in [0.2, 0.25) is 11.8 Å². The van der Waals surface area contributed by atoms with Gasteiger partial charge in [-0.3, -0.25) is 9.80 Å². The van der Waals surface area contributed by atoms with Gasteiger partial charge in [0.25, 0.3) is 0 Å². The van der Waals surface area contributed by atoms with Crippen LogP contribution in [0.5, 0.6) is 0 Å². The molecule has 94 valence electrons. The van der Waals surface area contributed by atoms with Crippen LogP contribution in [0.15, 0.2) is 5.10 Å². The van der Waals surface area contributed by atoms with Gasteiger partial charge in [-0.15, -0.1) is 13.9 Å². The molecule has 1 amide bonds. The number of nitrogens with zero attached hydrogens (tertiary/aromatic N) is 2. The maximum Gasteiger partial charge on any atom is 0.381 e. The van der Waals surface area contributed by atoms with E-state index in [9.17, 15) is 22.4 Å². The van der Waals surface area contributed by atoms with Gasteiger partial charge in [0, 0.05) is 19.4 Å². The largest absolute Gasteiger partial charge is 0.381 e. The van der Waals surface area contributed by atoms with Gasteiger partial charge in [0.15, 0.2) is 0 Å². The summed E-state index contributed by atoms with van der Waals surface area (Å²) in [6.45, 7) is 0.204. The first kappa shape index (κ1) is 14.7. The van der Waals surface area contributed by atoms with E-state index in [0.717, 1.165) is 0 Å². The standard InChI is InChI=1S/C8H13F4N3O/c1-2-8(11,12)3-4-15(5-6(13)16)14-7(9)10/h2-5H2,1H3,(H2,13,16). The van der Waals surface area contributed by atoms with Gasteiger partial charge in [0.05, 0.1) is 0 Å². The fourth-order valence-corrected chi connectivity index (χ4v) is 0.921. The van der Waals surface area contributed by atoms with Gasteiger partial charge in [0.1, 0.15) is 6.54 Å². The summed E-state index contributed by atoms with van der Waals surface area (Å²) < 4.78 is 49.2. The van der Waals surface area contributed by atoms with E-state index < -0.39 is 44.0 Å². The highest BCUT2D eigenvalue weighted by atomic mass is 19.3. The quantitative estimate of drug-likeness (QED) is 0.417. The number of halogens is 4. The van der Waals surface area contributed by atoms with Crippen molar-refractivity contribution in [3.8, 4) is 0 Å². The second kappa shape index (κ2) is 6.29. The van der Waals surface area contributed by atoms with Crippen molar-refractivity contribution in [2.75, 3.05) is 13.1 Å². The Labute approximate surface area is 90.1 Å². The van der Waals surface area contributed by atoms with Gasteiger partial charge in [-0.25, -0.2) is 8.78 Å². The molecule has 0 aliphatic rings. The number of rotatable bonds is 7. The topological polar surface area (TPSA) is 58.7 Å². The molecule has 0 saturated carbocycles. The number of carbonyl (C=O) groups is 1. The Morgan fingerprint density at radius 1 is 1.44 bits per heavy atom. The summed E-state index contributed by atoms with van der Waals surface area (Å²) in [5.41, 5.74) is 4.76.